The van der Waals surface area contributed by atoms with Crippen LogP contribution in [0, 0.1) is 0 Å². The van der Waals surface area contributed by atoms with Crippen LogP contribution in [0.4, 0.5) is 5.82 Å². The van der Waals surface area contributed by atoms with Crippen LogP contribution in [0.3, 0.4) is 0 Å². The van der Waals surface area contributed by atoms with Gasteiger partial charge in [0.25, 0.3) is 0 Å². The topological polar surface area (TPSA) is 56.7 Å². The fraction of sp³-hybridized carbons (Fsp3) is 0.625. The van der Waals surface area contributed by atoms with Gasteiger partial charge in [-0.2, -0.15) is 0 Å². The Morgan fingerprint density at radius 1 is 1.48 bits per heavy atom. The van der Waals surface area contributed by atoms with Gasteiger partial charge in [0.15, 0.2) is 5.78 Å². The lowest BCUT2D eigenvalue weighted by Gasteiger charge is -2.42. The quantitative estimate of drug-likeness (QED) is 0.835. The number of piperazine rings is 1. The third-order valence-corrected chi connectivity index (χ3v) is 4.05. The number of aliphatic hydroxyl groups is 1. The van der Waals surface area contributed by atoms with Gasteiger partial charge in [-0.25, -0.2) is 4.98 Å². The van der Waals surface area contributed by atoms with Crippen molar-refractivity contribution in [3.8, 4) is 0 Å². The van der Waals surface area contributed by atoms with Crippen LogP contribution < -0.4 is 4.90 Å². The maximum atomic E-state index is 11.3. The summed E-state index contributed by atoms with van der Waals surface area (Å²) in [4.78, 5) is 20.3. The Morgan fingerprint density at radius 3 is 2.76 bits per heavy atom. The normalized spacial score (nSPS) is 21.3. The zero-order chi connectivity index (χ0) is 15.4. The van der Waals surface area contributed by atoms with Gasteiger partial charge in [-0.1, -0.05) is 6.92 Å². The lowest BCUT2D eigenvalue weighted by molar-refractivity contribution is 0.0884. The summed E-state index contributed by atoms with van der Waals surface area (Å²) < 4.78 is 0. The third kappa shape index (κ3) is 4.02. The SMILES string of the molecule is CCC1CN(c2ccc(C(C)=O)cn2)CCN1CC(C)O. The molecule has 1 fully saturated rings. The molecule has 0 bridgehead atoms. The van der Waals surface area contributed by atoms with Crippen molar-refractivity contribution in [1.82, 2.24) is 9.88 Å². The minimum atomic E-state index is -0.293. The minimum Gasteiger partial charge on any atom is -0.392 e. The van der Waals surface area contributed by atoms with Crippen molar-refractivity contribution in [2.75, 3.05) is 31.1 Å². The molecule has 5 nitrogen and oxygen atoms in total. The minimum absolute atomic E-state index is 0.0437. The Balaban J connectivity index is 2.04. The second-order valence-electron chi connectivity index (χ2n) is 5.81. The third-order valence-electron chi connectivity index (χ3n) is 4.05. The van der Waals surface area contributed by atoms with E-state index >= 15 is 0 Å². The molecule has 0 radical (unpaired) electrons. The van der Waals surface area contributed by atoms with Gasteiger partial charge in [-0.3, -0.25) is 9.69 Å². The molecule has 1 saturated heterocycles. The van der Waals surface area contributed by atoms with E-state index in [1.54, 1.807) is 13.1 Å². The molecule has 2 rings (SSSR count). The van der Waals surface area contributed by atoms with E-state index in [0.717, 1.165) is 38.4 Å². The molecule has 1 aliphatic rings. The van der Waals surface area contributed by atoms with Gasteiger partial charge in [0.05, 0.1) is 6.10 Å². The van der Waals surface area contributed by atoms with Crippen LogP contribution in [0.5, 0.6) is 0 Å². The van der Waals surface area contributed by atoms with Crippen molar-refractivity contribution in [2.45, 2.75) is 39.3 Å². The maximum absolute atomic E-state index is 11.3. The van der Waals surface area contributed by atoms with Gasteiger partial charge in [-0.05, 0) is 32.4 Å². The molecule has 2 heterocycles. The Labute approximate surface area is 126 Å². The first-order chi connectivity index (χ1) is 10.0. The molecule has 21 heavy (non-hydrogen) atoms. The summed E-state index contributed by atoms with van der Waals surface area (Å²) >= 11 is 0. The summed E-state index contributed by atoms with van der Waals surface area (Å²) in [6.45, 7) is 9.03. The maximum Gasteiger partial charge on any atom is 0.161 e. The molecule has 1 N–H and O–H groups in total. The molecule has 2 unspecified atom stereocenters. The van der Waals surface area contributed by atoms with Crippen LogP contribution in [-0.4, -0.2) is 59.1 Å². The van der Waals surface area contributed by atoms with E-state index in [1.165, 1.54) is 0 Å². The zero-order valence-electron chi connectivity index (χ0n) is 13.1. The first-order valence-corrected chi connectivity index (χ1v) is 7.65. The van der Waals surface area contributed by atoms with Crippen molar-refractivity contribution >= 4 is 11.6 Å². The molecule has 0 spiro atoms. The van der Waals surface area contributed by atoms with Gasteiger partial charge in [-0.15, -0.1) is 0 Å². The molecule has 1 aromatic rings. The number of aromatic nitrogens is 1. The van der Waals surface area contributed by atoms with Crippen LogP contribution in [0.15, 0.2) is 18.3 Å². The second kappa shape index (κ2) is 7.00. The highest BCUT2D eigenvalue weighted by Gasteiger charge is 2.27. The summed E-state index contributed by atoms with van der Waals surface area (Å²) in [6.07, 6.45) is 2.41. The van der Waals surface area contributed by atoms with E-state index in [-0.39, 0.29) is 11.9 Å². The Kier molecular flexibility index (Phi) is 5.31. The van der Waals surface area contributed by atoms with Crippen molar-refractivity contribution in [3.63, 3.8) is 0 Å². The van der Waals surface area contributed by atoms with Crippen LogP contribution >= 0.6 is 0 Å². The molecule has 1 aliphatic heterocycles. The second-order valence-corrected chi connectivity index (χ2v) is 5.81. The van der Waals surface area contributed by atoms with Crippen LogP contribution in [0.1, 0.15) is 37.6 Å². The van der Waals surface area contributed by atoms with Crippen LogP contribution in [0.2, 0.25) is 0 Å². The molecule has 2 atom stereocenters. The number of nitrogens with zero attached hydrogens (tertiary/aromatic N) is 3. The number of carbonyl (C=O) groups is 1. The number of rotatable bonds is 5. The molecule has 0 aromatic carbocycles. The average Bonchev–Trinajstić information content (AvgIpc) is 2.47. The van der Waals surface area contributed by atoms with Gasteiger partial charge < -0.3 is 10.0 Å². The van der Waals surface area contributed by atoms with Crippen LogP contribution in [-0.2, 0) is 0 Å². The predicted molar refractivity (Wildman–Crippen MR) is 83.8 cm³/mol. The monoisotopic (exact) mass is 291 g/mol. The molecule has 0 saturated carbocycles. The Morgan fingerprint density at radius 2 is 2.24 bits per heavy atom. The van der Waals surface area contributed by atoms with Crippen molar-refractivity contribution in [2.24, 2.45) is 0 Å². The molecule has 5 heteroatoms. The lowest BCUT2D eigenvalue weighted by atomic mass is 10.1. The van der Waals surface area contributed by atoms with E-state index < -0.39 is 0 Å². The summed E-state index contributed by atoms with van der Waals surface area (Å²) in [6, 6.07) is 4.20. The number of hydrogen-bond acceptors (Lipinski definition) is 5. The van der Waals surface area contributed by atoms with Crippen LogP contribution in [0.25, 0.3) is 0 Å². The predicted octanol–water partition coefficient (Wildman–Crippen LogP) is 1.57. The standard InChI is InChI=1S/C16H25N3O2/c1-4-15-11-19(8-7-18(15)10-12(2)20)16-6-5-14(9-17-16)13(3)21/h5-6,9,12,15,20H,4,7-8,10-11H2,1-3H3. The molecule has 1 aromatic heterocycles. The number of ketones is 1. The molecular formula is C16H25N3O2. The number of anilines is 1. The molecule has 0 amide bonds. The number of hydrogen-bond donors (Lipinski definition) is 1. The summed E-state index contributed by atoms with van der Waals surface area (Å²) in [5.74, 6) is 0.970. The zero-order valence-corrected chi connectivity index (χ0v) is 13.1. The average molecular weight is 291 g/mol. The van der Waals surface area contributed by atoms with Gasteiger partial charge in [0, 0.05) is 44.0 Å². The number of Topliss-reactive ketones (excluding diaryl/α,β-unsaturated/α-hetero) is 1. The van der Waals surface area contributed by atoms with Gasteiger partial charge >= 0.3 is 0 Å². The van der Waals surface area contributed by atoms with E-state index in [0.29, 0.717) is 11.6 Å². The fourth-order valence-corrected chi connectivity index (χ4v) is 2.85. The summed E-state index contributed by atoms with van der Waals surface area (Å²) in [5, 5.41) is 9.58. The van der Waals surface area contributed by atoms with E-state index in [2.05, 4.69) is 21.7 Å². The first kappa shape index (κ1) is 15.9. The van der Waals surface area contributed by atoms with Gasteiger partial charge in [0.1, 0.15) is 5.82 Å². The fourth-order valence-electron chi connectivity index (χ4n) is 2.85. The lowest BCUT2D eigenvalue weighted by Crippen LogP contribution is -2.54. The van der Waals surface area contributed by atoms with Crippen molar-refractivity contribution in [3.05, 3.63) is 23.9 Å². The molecule has 116 valence electrons. The number of β-amino-alcohol motifs (C(OH)–C–C–N with tert-alkyl or cyclic N) is 1. The largest absolute Gasteiger partial charge is 0.392 e. The van der Waals surface area contributed by atoms with E-state index in [9.17, 15) is 9.90 Å². The van der Waals surface area contributed by atoms with E-state index in [1.807, 2.05) is 19.1 Å². The van der Waals surface area contributed by atoms with E-state index in [4.69, 9.17) is 0 Å². The molecular weight excluding hydrogens is 266 g/mol. The first-order valence-electron chi connectivity index (χ1n) is 7.65. The number of pyridine rings is 1. The highest BCUT2D eigenvalue weighted by atomic mass is 16.3. The highest BCUT2D eigenvalue weighted by molar-refractivity contribution is 5.93. The molecule has 0 aliphatic carbocycles. The smallest absolute Gasteiger partial charge is 0.161 e. The Hall–Kier alpha value is -1.46. The van der Waals surface area contributed by atoms with Crippen molar-refractivity contribution < 1.29 is 9.90 Å². The Bertz CT molecular complexity index is 473. The van der Waals surface area contributed by atoms with Crippen molar-refractivity contribution in [1.29, 1.82) is 0 Å². The number of carbonyl (C=O) groups excluding carboxylic acids is 1. The summed E-state index contributed by atoms with van der Waals surface area (Å²) in [7, 11) is 0. The summed E-state index contributed by atoms with van der Waals surface area (Å²) in [5.41, 5.74) is 0.651. The highest BCUT2D eigenvalue weighted by Crippen LogP contribution is 2.19. The van der Waals surface area contributed by atoms with Gasteiger partial charge in [0.2, 0.25) is 0 Å². The number of aliphatic hydroxyl groups excluding tert-OH is 1.